The molecular formula is C22H22N2O6S. The van der Waals surface area contributed by atoms with E-state index in [1.165, 1.54) is 24.5 Å². The van der Waals surface area contributed by atoms with Gasteiger partial charge in [0.05, 0.1) is 31.5 Å². The van der Waals surface area contributed by atoms with E-state index < -0.39 is 0 Å². The molecule has 0 fully saturated rings. The maximum Gasteiger partial charge on any atom is 0.272 e. The van der Waals surface area contributed by atoms with E-state index in [1.807, 2.05) is 23.7 Å². The first-order chi connectivity index (χ1) is 15.0. The smallest absolute Gasteiger partial charge is 0.272 e. The molecule has 2 aromatic carbocycles. The zero-order chi connectivity index (χ0) is 22.0. The number of methoxy groups -OCH3 is 3. The predicted octanol–water partition coefficient (Wildman–Crippen LogP) is 3.18. The average molecular weight is 442 g/mol. The topological polar surface area (TPSA) is 80.5 Å². The van der Waals surface area contributed by atoms with Crippen molar-refractivity contribution >= 4 is 33.5 Å². The first-order valence-corrected chi connectivity index (χ1v) is 10.3. The van der Waals surface area contributed by atoms with Gasteiger partial charge in [-0.05, 0) is 23.8 Å². The number of carbonyl (C=O) groups excluding carboxylic acids is 1. The highest BCUT2D eigenvalue weighted by Crippen LogP contribution is 2.38. The van der Waals surface area contributed by atoms with E-state index in [0.29, 0.717) is 46.8 Å². The lowest BCUT2D eigenvalue weighted by Gasteiger charge is -2.18. The molecule has 0 bridgehead atoms. The first-order valence-electron chi connectivity index (χ1n) is 9.50. The number of hydrogen-bond donors (Lipinski definition) is 0. The molecule has 0 saturated heterocycles. The van der Waals surface area contributed by atoms with Gasteiger partial charge in [0.1, 0.15) is 13.2 Å². The minimum absolute atomic E-state index is 0.381. The van der Waals surface area contributed by atoms with Gasteiger partial charge >= 0.3 is 0 Å². The third kappa shape index (κ3) is 4.09. The van der Waals surface area contributed by atoms with E-state index in [9.17, 15) is 4.79 Å². The zero-order valence-electron chi connectivity index (χ0n) is 17.6. The molecule has 0 saturated carbocycles. The molecule has 1 aromatic heterocycles. The SMILES string of the molecule is COc1cc(C=CC(=O)N=c2sc3cc4c(cc3n2C)OCCO4)cc(OC)c1OC. The second kappa shape index (κ2) is 8.73. The van der Waals surface area contributed by atoms with Crippen LogP contribution in [0.2, 0.25) is 0 Å². The van der Waals surface area contributed by atoms with Crippen LogP contribution in [0.5, 0.6) is 28.7 Å². The summed E-state index contributed by atoms with van der Waals surface area (Å²) in [5.74, 6) is 2.54. The van der Waals surface area contributed by atoms with E-state index in [1.54, 1.807) is 32.4 Å². The number of rotatable bonds is 5. The Morgan fingerprint density at radius 3 is 2.29 bits per heavy atom. The molecule has 0 spiro atoms. The highest BCUT2D eigenvalue weighted by molar-refractivity contribution is 7.16. The van der Waals surface area contributed by atoms with Crippen LogP contribution < -0.4 is 28.5 Å². The number of carbonyl (C=O) groups is 1. The fraction of sp³-hybridized carbons (Fsp3) is 0.273. The first kappa shape index (κ1) is 20.8. The Morgan fingerprint density at radius 2 is 1.68 bits per heavy atom. The molecule has 1 amide bonds. The highest BCUT2D eigenvalue weighted by Gasteiger charge is 2.16. The Hall–Kier alpha value is -3.46. The molecule has 1 aliphatic rings. The highest BCUT2D eigenvalue weighted by atomic mass is 32.1. The van der Waals surface area contributed by atoms with E-state index >= 15 is 0 Å². The summed E-state index contributed by atoms with van der Waals surface area (Å²) in [4.78, 5) is 17.3. The normalized spacial score (nSPS) is 13.6. The van der Waals surface area contributed by atoms with Gasteiger partial charge in [0, 0.05) is 25.3 Å². The number of nitrogens with zero attached hydrogens (tertiary/aromatic N) is 2. The van der Waals surface area contributed by atoms with Crippen LogP contribution in [0.3, 0.4) is 0 Å². The van der Waals surface area contributed by atoms with Crippen molar-refractivity contribution in [3.8, 4) is 28.7 Å². The molecule has 8 nitrogen and oxygen atoms in total. The minimum Gasteiger partial charge on any atom is -0.493 e. The van der Waals surface area contributed by atoms with Crippen molar-refractivity contribution in [2.45, 2.75) is 0 Å². The van der Waals surface area contributed by atoms with Gasteiger partial charge in [-0.3, -0.25) is 4.79 Å². The molecule has 0 N–H and O–H groups in total. The lowest BCUT2D eigenvalue weighted by Crippen LogP contribution is -2.15. The predicted molar refractivity (Wildman–Crippen MR) is 117 cm³/mol. The molecule has 0 unspecified atom stereocenters. The lowest BCUT2D eigenvalue weighted by atomic mass is 10.1. The molecule has 3 aromatic rings. The van der Waals surface area contributed by atoms with Crippen LogP contribution in [-0.4, -0.2) is 45.0 Å². The summed E-state index contributed by atoms with van der Waals surface area (Å²) < 4.78 is 30.1. The van der Waals surface area contributed by atoms with Gasteiger partial charge in [-0.2, -0.15) is 4.99 Å². The number of aromatic nitrogens is 1. The van der Waals surface area contributed by atoms with E-state index in [0.717, 1.165) is 15.8 Å². The van der Waals surface area contributed by atoms with Crippen LogP contribution in [0.4, 0.5) is 0 Å². The maximum absolute atomic E-state index is 12.5. The van der Waals surface area contributed by atoms with Gasteiger partial charge in [0.15, 0.2) is 27.8 Å². The Kier molecular flexibility index (Phi) is 5.85. The summed E-state index contributed by atoms with van der Waals surface area (Å²) in [6, 6.07) is 7.35. The maximum atomic E-state index is 12.5. The Morgan fingerprint density at radius 1 is 1.03 bits per heavy atom. The summed E-state index contributed by atoms with van der Waals surface area (Å²) in [5.41, 5.74) is 1.65. The van der Waals surface area contributed by atoms with Gasteiger partial charge in [0.25, 0.3) is 5.91 Å². The van der Waals surface area contributed by atoms with Crippen molar-refractivity contribution in [3.63, 3.8) is 0 Å². The molecule has 0 aliphatic carbocycles. The van der Waals surface area contributed by atoms with Crippen LogP contribution in [0, 0.1) is 0 Å². The number of benzene rings is 2. The van der Waals surface area contributed by atoms with Crippen LogP contribution in [0.15, 0.2) is 35.3 Å². The Balaban J connectivity index is 1.64. The third-order valence-electron chi connectivity index (χ3n) is 4.78. The van der Waals surface area contributed by atoms with Crippen molar-refractivity contribution in [1.82, 2.24) is 4.57 Å². The van der Waals surface area contributed by atoms with Crippen LogP contribution in [-0.2, 0) is 11.8 Å². The molecule has 2 heterocycles. The zero-order valence-corrected chi connectivity index (χ0v) is 18.4. The summed E-state index contributed by atoms with van der Waals surface area (Å²) >= 11 is 1.41. The van der Waals surface area contributed by atoms with Crippen molar-refractivity contribution in [2.24, 2.45) is 12.0 Å². The molecule has 9 heteroatoms. The summed E-state index contributed by atoms with van der Waals surface area (Å²) in [7, 11) is 6.49. The van der Waals surface area contributed by atoms with Gasteiger partial charge in [-0.25, -0.2) is 0 Å². The summed E-state index contributed by atoms with van der Waals surface area (Å²) in [6.07, 6.45) is 3.06. The third-order valence-corrected chi connectivity index (χ3v) is 5.88. The number of thiazole rings is 1. The second-order valence-electron chi connectivity index (χ2n) is 6.65. The summed E-state index contributed by atoms with van der Waals surface area (Å²) in [5, 5.41) is 0. The molecule has 162 valence electrons. The Labute approximate surface area is 182 Å². The second-order valence-corrected chi connectivity index (χ2v) is 7.66. The van der Waals surface area contributed by atoms with Gasteiger partial charge in [-0.15, -0.1) is 0 Å². The number of hydrogen-bond acceptors (Lipinski definition) is 7. The van der Waals surface area contributed by atoms with Crippen molar-refractivity contribution in [2.75, 3.05) is 34.5 Å². The largest absolute Gasteiger partial charge is 0.493 e. The van der Waals surface area contributed by atoms with Crippen molar-refractivity contribution < 1.29 is 28.5 Å². The minimum atomic E-state index is -0.381. The molecule has 31 heavy (non-hydrogen) atoms. The number of fused-ring (bicyclic) bond motifs is 2. The Bertz CT molecular complexity index is 1220. The van der Waals surface area contributed by atoms with E-state index in [4.69, 9.17) is 23.7 Å². The van der Waals surface area contributed by atoms with Gasteiger partial charge in [0.2, 0.25) is 5.75 Å². The van der Waals surface area contributed by atoms with Crippen molar-refractivity contribution in [1.29, 1.82) is 0 Å². The molecule has 0 atom stereocenters. The molecule has 1 aliphatic heterocycles. The van der Waals surface area contributed by atoms with E-state index in [2.05, 4.69) is 4.99 Å². The van der Waals surface area contributed by atoms with Gasteiger partial charge < -0.3 is 28.3 Å². The van der Waals surface area contributed by atoms with Crippen LogP contribution in [0.1, 0.15) is 5.56 Å². The fourth-order valence-electron chi connectivity index (χ4n) is 3.27. The average Bonchev–Trinajstić information content (AvgIpc) is 3.09. The van der Waals surface area contributed by atoms with Crippen LogP contribution in [0.25, 0.3) is 16.3 Å². The quantitative estimate of drug-likeness (QED) is 0.565. The fourth-order valence-corrected chi connectivity index (χ4v) is 4.30. The van der Waals surface area contributed by atoms with Gasteiger partial charge in [-0.1, -0.05) is 11.3 Å². The molecule has 0 radical (unpaired) electrons. The molecule has 4 rings (SSSR count). The number of ether oxygens (including phenoxy) is 5. The van der Waals surface area contributed by atoms with Crippen molar-refractivity contribution in [3.05, 3.63) is 40.7 Å². The lowest BCUT2D eigenvalue weighted by molar-refractivity contribution is -0.113. The number of aryl methyl sites for hydroxylation is 1. The molecular weight excluding hydrogens is 420 g/mol. The number of amides is 1. The standard InChI is InChI=1S/C22H22N2O6S/c1-24-14-11-15-16(30-8-7-29-15)12-19(14)31-22(24)23-20(25)6-5-13-9-17(26-2)21(28-4)18(10-13)27-3/h5-6,9-12H,7-8H2,1-4H3. The monoisotopic (exact) mass is 442 g/mol. The summed E-state index contributed by atoms with van der Waals surface area (Å²) in [6.45, 7) is 1.05. The van der Waals surface area contributed by atoms with E-state index in [-0.39, 0.29) is 5.91 Å². The van der Waals surface area contributed by atoms with Crippen LogP contribution >= 0.6 is 11.3 Å².